The van der Waals surface area contributed by atoms with E-state index in [0.717, 1.165) is 25.7 Å². The predicted octanol–water partition coefficient (Wildman–Crippen LogP) is 2.33. The van der Waals surface area contributed by atoms with Crippen LogP contribution in [0.1, 0.15) is 51.3 Å². The summed E-state index contributed by atoms with van der Waals surface area (Å²) in [5, 5.41) is 15.5. The van der Waals surface area contributed by atoms with Gasteiger partial charge in [-0.25, -0.2) is 4.68 Å². The van der Waals surface area contributed by atoms with E-state index in [1.54, 1.807) is 11.6 Å². The molecule has 0 spiro atoms. The maximum atomic E-state index is 11.2. The van der Waals surface area contributed by atoms with Crippen LogP contribution >= 0.6 is 0 Å². The van der Waals surface area contributed by atoms with Crippen molar-refractivity contribution >= 4 is 5.69 Å². The number of hydrogen-bond acceptors (Lipinski definition) is 5. The molecule has 7 nitrogen and oxygen atoms in total. The molecule has 0 atom stereocenters. The van der Waals surface area contributed by atoms with Gasteiger partial charge in [0.2, 0.25) is 0 Å². The summed E-state index contributed by atoms with van der Waals surface area (Å²) in [5.41, 5.74) is 6.24. The molecule has 7 heteroatoms. The Morgan fingerprint density at radius 1 is 1.40 bits per heavy atom. The van der Waals surface area contributed by atoms with E-state index >= 15 is 0 Å². The summed E-state index contributed by atoms with van der Waals surface area (Å²) in [6.07, 6.45) is 3.45. The normalized spacial score (nSPS) is 23.1. The first kappa shape index (κ1) is 14.8. The van der Waals surface area contributed by atoms with Gasteiger partial charge < -0.3 is 10.5 Å². The van der Waals surface area contributed by atoms with Crippen molar-refractivity contribution in [1.82, 2.24) is 9.78 Å². The number of rotatable bonds is 4. The lowest BCUT2D eigenvalue weighted by atomic mass is 9.94. The molecule has 0 aromatic carbocycles. The molecule has 20 heavy (non-hydrogen) atoms. The third-order valence-electron chi connectivity index (χ3n) is 3.68. The van der Waals surface area contributed by atoms with Gasteiger partial charge in [0.1, 0.15) is 11.8 Å². The van der Waals surface area contributed by atoms with E-state index in [0.29, 0.717) is 5.69 Å². The number of ether oxygens (including phenoxy) is 1. The van der Waals surface area contributed by atoms with Gasteiger partial charge in [-0.2, -0.15) is 5.10 Å². The van der Waals surface area contributed by atoms with Crippen molar-refractivity contribution in [2.24, 2.45) is 5.73 Å². The smallest absolute Gasteiger partial charge is 0.353 e. The lowest BCUT2D eigenvalue weighted by molar-refractivity contribution is -0.386. The van der Waals surface area contributed by atoms with Crippen LogP contribution in [-0.4, -0.2) is 26.8 Å². The van der Waals surface area contributed by atoms with Crippen molar-refractivity contribution in [2.45, 2.75) is 64.6 Å². The van der Waals surface area contributed by atoms with Crippen molar-refractivity contribution in [1.29, 1.82) is 0 Å². The fourth-order valence-corrected chi connectivity index (χ4v) is 2.55. The van der Waals surface area contributed by atoms with Gasteiger partial charge in [0, 0.05) is 6.04 Å². The van der Waals surface area contributed by atoms with Crippen LogP contribution in [0.15, 0.2) is 0 Å². The Hall–Kier alpha value is -1.63. The van der Waals surface area contributed by atoms with E-state index in [2.05, 4.69) is 5.10 Å². The van der Waals surface area contributed by atoms with Crippen LogP contribution in [0.4, 0.5) is 5.69 Å². The quantitative estimate of drug-likeness (QED) is 0.675. The Labute approximate surface area is 118 Å². The summed E-state index contributed by atoms with van der Waals surface area (Å²) < 4.78 is 7.51. The first-order valence-corrected chi connectivity index (χ1v) is 7.06. The van der Waals surface area contributed by atoms with Crippen molar-refractivity contribution < 1.29 is 9.66 Å². The molecule has 0 aliphatic heterocycles. The Bertz CT molecular complexity index is 490. The predicted molar refractivity (Wildman–Crippen MR) is 74.9 cm³/mol. The summed E-state index contributed by atoms with van der Waals surface area (Å²) in [5.74, 6) is 0.281. The maximum absolute atomic E-state index is 11.2. The molecule has 1 aliphatic rings. The second-order valence-electron chi connectivity index (χ2n) is 5.69. The van der Waals surface area contributed by atoms with Crippen molar-refractivity contribution in [3.8, 4) is 5.88 Å². The monoisotopic (exact) mass is 282 g/mol. The number of aromatic nitrogens is 2. The minimum Gasteiger partial charge on any atom is -0.470 e. The van der Waals surface area contributed by atoms with E-state index in [4.69, 9.17) is 10.5 Å². The van der Waals surface area contributed by atoms with E-state index in [1.807, 2.05) is 13.8 Å². The van der Waals surface area contributed by atoms with Gasteiger partial charge in [0.05, 0.1) is 11.0 Å². The molecule has 0 unspecified atom stereocenters. The van der Waals surface area contributed by atoms with Crippen LogP contribution in [0.2, 0.25) is 0 Å². The molecule has 1 saturated carbocycles. The van der Waals surface area contributed by atoms with E-state index in [1.165, 1.54) is 0 Å². The first-order chi connectivity index (χ1) is 9.40. The average Bonchev–Trinajstić information content (AvgIpc) is 2.69. The van der Waals surface area contributed by atoms with E-state index in [9.17, 15) is 10.1 Å². The number of nitrogens with zero attached hydrogens (tertiary/aromatic N) is 3. The molecule has 0 bridgehead atoms. The van der Waals surface area contributed by atoms with Crippen molar-refractivity contribution in [2.75, 3.05) is 0 Å². The van der Waals surface area contributed by atoms with Crippen LogP contribution in [-0.2, 0) is 0 Å². The lowest BCUT2D eigenvalue weighted by Crippen LogP contribution is -2.32. The summed E-state index contributed by atoms with van der Waals surface area (Å²) in [6, 6.07) is 0.241. The van der Waals surface area contributed by atoms with Gasteiger partial charge >= 0.3 is 5.69 Å². The van der Waals surface area contributed by atoms with Crippen LogP contribution in [0.5, 0.6) is 5.88 Å². The third-order valence-corrected chi connectivity index (χ3v) is 3.68. The van der Waals surface area contributed by atoms with Crippen molar-refractivity contribution in [3.05, 3.63) is 15.8 Å². The second-order valence-corrected chi connectivity index (χ2v) is 5.69. The second kappa shape index (κ2) is 5.78. The van der Waals surface area contributed by atoms with E-state index in [-0.39, 0.29) is 29.8 Å². The lowest BCUT2D eigenvalue weighted by Gasteiger charge is -2.26. The molecule has 1 heterocycles. The largest absolute Gasteiger partial charge is 0.470 e. The number of nitrogens with two attached hydrogens (primary N) is 1. The third kappa shape index (κ3) is 2.92. The van der Waals surface area contributed by atoms with Gasteiger partial charge in [-0.3, -0.25) is 10.1 Å². The zero-order chi connectivity index (χ0) is 14.9. The zero-order valence-electron chi connectivity index (χ0n) is 12.2. The number of aryl methyl sites for hydroxylation is 1. The molecule has 1 fully saturated rings. The zero-order valence-corrected chi connectivity index (χ0v) is 12.2. The number of nitro groups is 1. The highest BCUT2D eigenvalue weighted by atomic mass is 16.6. The molecular formula is C13H22N4O3. The van der Waals surface area contributed by atoms with Crippen LogP contribution in [0, 0.1) is 17.0 Å². The molecule has 0 amide bonds. The highest BCUT2D eigenvalue weighted by Crippen LogP contribution is 2.35. The van der Waals surface area contributed by atoms with Crippen molar-refractivity contribution in [3.63, 3.8) is 0 Å². The Morgan fingerprint density at radius 2 is 2.00 bits per heavy atom. The molecule has 0 radical (unpaired) electrons. The molecule has 1 aromatic rings. The highest BCUT2D eigenvalue weighted by Gasteiger charge is 2.31. The average molecular weight is 282 g/mol. The summed E-state index contributed by atoms with van der Waals surface area (Å²) in [4.78, 5) is 10.8. The van der Waals surface area contributed by atoms with Crippen LogP contribution < -0.4 is 10.5 Å². The van der Waals surface area contributed by atoms with Gasteiger partial charge in [-0.05, 0) is 46.5 Å². The van der Waals surface area contributed by atoms with Gasteiger partial charge in [0.25, 0.3) is 5.88 Å². The molecule has 2 N–H and O–H groups in total. The van der Waals surface area contributed by atoms with Gasteiger partial charge in [0.15, 0.2) is 0 Å². The molecule has 2 rings (SSSR count). The fourth-order valence-electron chi connectivity index (χ4n) is 2.55. The topological polar surface area (TPSA) is 96.2 Å². The Kier molecular flexibility index (Phi) is 4.27. The maximum Gasteiger partial charge on any atom is 0.353 e. The molecule has 112 valence electrons. The Balaban J connectivity index is 2.26. The van der Waals surface area contributed by atoms with Gasteiger partial charge in [-0.15, -0.1) is 0 Å². The molecule has 1 aliphatic carbocycles. The van der Waals surface area contributed by atoms with Gasteiger partial charge in [-0.1, -0.05) is 0 Å². The minimum absolute atomic E-state index is 0.0119. The summed E-state index contributed by atoms with van der Waals surface area (Å²) in [7, 11) is 0. The SMILES string of the molecule is Cc1nn(C(C)C)c(OC2CCC(N)CC2)c1[N+](=O)[O-]. The van der Waals surface area contributed by atoms with Crippen LogP contribution in [0.25, 0.3) is 0 Å². The highest BCUT2D eigenvalue weighted by molar-refractivity contribution is 5.46. The van der Waals surface area contributed by atoms with E-state index < -0.39 is 4.92 Å². The molecule has 0 saturated heterocycles. The van der Waals surface area contributed by atoms with Crippen LogP contribution in [0.3, 0.4) is 0 Å². The number of hydrogen-bond donors (Lipinski definition) is 1. The summed E-state index contributed by atoms with van der Waals surface area (Å²) in [6.45, 7) is 5.50. The Morgan fingerprint density at radius 3 is 2.50 bits per heavy atom. The first-order valence-electron chi connectivity index (χ1n) is 7.06. The standard InChI is InChI=1S/C13H22N4O3/c1-8(2)16-13(12(17(18)19)9(3)15-16)20-11-6-4-10(14)5-7-11/h8,10-11H,4-7,14H2,1-3H3. The fraction of sp³-hybridized carbons (Fsp3) is 0.769. The molecular weight excluding hydrogens is 260 g/mol. The minimum atomic E-state index is -0.412. The summed E-state index contributed by atoms with van der Waals surface area (Å²) >= 11 is 0. The molecule has 1 aromatic heterocycles.